The van der Waals surface area contributed by atoms with Crippen molar-refractivity contribution in [2.45, 2.75) is 110 Å². The van der Waals surface area contributed by atoms with Crippen molar-refractivity contribution in [3.8, 4) is 0 Å². The fourth-order valence-corrected chi connectivity index (χ4v) is 5.93. The fraction of sp³-hybridized carbons (Fsp3) is 0.889. The Morgan fingerprint density at radius 3 is 2.00 bits per heavy atom. The first kappa shape index (κ1) is 22.1. The number of unbranched alkanes of at least 4 members (excludes halogenated alkanes) is 1. The summed E-state index contributed by atoms with van der Waals surface area (Å²) in [7, 11) is 1.89. The molecule has 160 valence electrons. The zero-order valence-electron chi connectivity index (χ0n) is 19.2. The molecule has 0 amide bonds. The topological polar surface area (TPSA) is 12.4 Å². The SMILES string of the molecule is C=C(CCCCC(C)=NC)CCC1CCC2CC2C1.CCC1CCC2CC2C1. The molecule has 4 aliphatic carbocycles. The molecular weight excluding hydrogens is 338 g/mol. The van der Waals surface area contributed by atoms with Crippen LogP contribution in [0.1, 0.15) is 110 Å². The van der Waals surface area contributed by atoms with Gasteiger partial charge in [0.2, 0.25) is 0 Å². The maximum Gasteiger partial charge on any atom is 0.0276 e. The van der Waals surface area contributed by atoms with Gasteiger partial charge in [0, 0.05) is 12.8 Å². The molecule has 0 N–H and O–H groups in total. The third-order valence-electron chi connectivity index (χ3n) is 8.49. The average molecular weight is 386 g/mol. The minimum absolute atomic E-state index is 1.02. The molecule has 0 spiro atoms. The Hall–Kier alpha value is -0.590. The van der Waals surface area contributed by atoms with Gasteiger partial charge in [0.05, 0.1) is 0 Å². The second-order valence-electron chi connectivity index (χ2n) is 10.7. The van der Waals surface area contributed by atoms with E-state index < -0.39 is 0 Å². The molecule has 4 saturated carbocycles. The van der Waals surface area contributed by atoms with Gasteiger partial charge in [0.15, 0.2) is 0 Å². The first-order chi connectivity index (χ1) is 13.6. The van der Waals surface area contributed by atoms with Crippen molar-refractivity contribution in [3.63, 3.8) is 0 Å². The third kappa shape index (κ3) is 7.34. The normalized spacial score (nSPS) is 35.9. The van der Waals surface area contributed by atoms with Crippen LogP contribution in [0.5, 0.6) is 0 Å². The first-order valence-electron chi connectivity index (χ1n) is 12.7. The maximum atomic E-state index is 4.28. The lowest BCUT2D eigenvalue weighted by atomic mass is 9.85. The predicted octanol–water partition coefficient (Wildman–Crippen LogP) is 8.24. The lowest BCUT2D eigenvalue weighted by Crippen LogP contribution is -2.08. The quantitative estimate of drug-likeness (QED) is 0.215. The minimum atomic E-state index is 1.02. The second kappa shape index (κ2) is 11.0. The molecule has 28 heavy (non-hydrogen) atoms. The van der Waals surface area contributed by atoms with Gasteiger partial charge in [-0.25, -0.2) is 0 Å². The highest BCUT2D eigenvalue weighted by Gasteiger charge is 2.42. The summed E-state index contributed by atoms with van der Waals surface area (Å²) >= 11 is 0. The van der Waals surface area contributed by atoms with Gasteiger partial charge in [-0.1, -0.05) is 38.3 Å². The smallest absolute Gasteiger partial charge is 0.0276 e. The van der Waals surface area contributed by atoms with Crippen LogP contribution in [-0.4, -0.2) is 12.8 Å². The Morgan fingerprint density at radius 1 is 0.786 bits per heavy atom. The number of aliphatic imine (C=N–C) groups is 1. The standard InChI is InChI=1S/C18H31N.C9H16/c1-14(6-4-5-7-15(2)19-3)8-9-16-10-11-17-13-18(17)12-16;1-2-7-3-4-8-6-9(8)5-7/h16-18H,1,4-13H2,2-3H3;7-9H,2-6H2,1H3. The highest BCUT2D eigenvalue weighted by Crippen LogP contribution is 2.52. The second-order valence-corrected chi connectivity index (χ2v) is 10.7. The Balaban J connectivity index is 0.000000206. The van der Waals surface area contributed by atoms with E-state index in [-0.39, 0.29) is 0 Å². The first-order valence-corrected chi connectivity index (χ1v) is 12.7. The molecule has 0 saturated heterocycles. The molecule has 0 radical (unpaired) electrons. The van der Waals surface area contributed by atoms with Gasteiger partial charge in [-0.2, -0.15) is 0 Å². The van der Waals surface area contributed by atoms with Gasteiger partial charge in [-0.05, 0) is 119 Å². The van der Waals surface area contributed by atoms with Crippen molar-refractivity contribution in [2.75, 3.05) is 7.05 Å². The summed E-state index contributed by atoms with van der Waals surface area (Å²) in [6.07, 6.45) is 21.4. The van der Waals surface area contributed by atoms with Gasteiger partial charge in [0.25, 0.3) is 0 Å². The van der Waals surface area contributed by atoms with Crippen molar-refractivity contribution in [2.24, 2.45) is 40.5 Å². The summed E-state index contributed by atoms with van der Waals surface area (Å²) in [6.45, 7) is 8.74. The highest BCUT2D eigenvalue weighted by atomic mass is 14.7. The monoisotopic (exact) mass is 385 g/mol. The van der Waals surface area contributed by atoms with Gasteiger partial charge >= 0.3 is 0 Å². The summed E-state index contributed by atoms with van der Waals surface area (Å²) in [5, 5.41) is 0. The molecule has 1 nitrogen and oxygen atoms in total. The average Bonchev–Trinajstić information content (AvgIpc) is 3.63. The Kier molecular flexibility index (Phi) is 8.67. The Bertz CT molecular complexity index is 518. The minimum Gasteiger partial charge on any atom is -0.298 e. The van der Waals surface area contributed by atoms with E-state index in [1.807, 2.05) is 7.05 Å². The van der Waals surface area contributed by atoms with Crippen LogP contribution in [0.25, 0.3) is 0 Å². The van der Waals surface area contributed by atoms with Crippen molar-refractivity contribution in [3.05, 3.63) is 12.2 Å². The zero-order valence-corrected chi connectivity index (χ0v) is 19.2. The molecule has 0 aromatic rings. The molecule has 4 fully saturated rings. The molecule has 0 aliphatic heterocycles. The lowest BCUT2D eigenvalue weighted by molar-refractivity contribution is 0.324. The zero-order chi connectivity index (χ0) is 19.9. The van der Waals surface area contributed by atoms with Gasteiger partial charge < -0.3 is 0 Å². The third-order valence-corrected chi connectivity index (χ3v) is 8.49. The van der Waals surface area contributed by atoms with E-state index in [1.54, 1.807) is 25.7 Å². The molecule has 4 rings (SSSR count). The maximum absolute atomic E-state index is 4.28. The molecule has 0 aromatic carbocycles. The largest absolute Gasteiger partial charge is 0.298 e. The number of hydrogen-bond acceptors (Lipinski definition) is 1. The van der Waals surface area contributed by atoms with Crippen LogP contribution in [-0.2, 0) is 0 Å². The number of fused-ring (bicyclic) bond motifs is 2. The van der Waals surface area contributed by atoms with Gasteiger partial charge in [-0.3, -0.25) is 4.99 Å². The van der Waals surface area contributed by atoms with Crippen molar-refractivity contribution < 1.29 is 0 Å². The van der Waals surface area contributed by atoms with Crippen molar-refractivity contribution in [1.29, 1.82) is 0 Å². The fourth-order valence-electron chi connectivity index (χ4n) is 5.93. The van der Waals surface area contributed by atoms with Crippen LogP contribution in [0.3, 0.4) is 0 Å². The number of allylic oxidation sites excluding steroid dienone is 1. The molecule has 6 atom stereocenters. The van der Waals surface area contributed by atoms with E-state index in [4.69, 9.17) is 0 Å². The predicted molar refractivity (Wildman–Crippen MR) is 124 cm³/mol. The number of hydrogen-bond donors (Lipinski definition) is 0. The van der Waals surface area contributed by atoms with Crippen LogP contribution < -0.4 is 0 Å². The van der Waals surface area contributed by atoms with E-state index >= 15 is 0 Å². The van der Waals surface area contributed by atoms with Crippen LogP contribution in [0.4, 0.5) is 0 Å². The van der Waals surface area contributed by atoms with Crippen LogP contribution >= 0.6 is 0 Å². The van der Waals surface area contributed by atoms with E-state index in [2.05, 4.69) is 25.4 Å². The highest BCUT2D eigenvalue weighted by molar-refractivity contribution is 5.81. The molecule has 0 aromatic heterocycles. The van der Waals surface area contributed by atoms with E-state index in [1.165, 1.54) is 87.3 Å². The lowest BCUT2D eigenvalue weighted by Gasteiger charge is -2.21. The number of rotatable bonds is 9. The van der Waals surface area contributed by atoms with Gasteiger partial charge in [-0.15, -0.1) is 0 Å². The molecule has 0 bridgehead atoms. The summed E-state index contributed by atoms with van der Waals surface area (Å²) < 4.78 is 0. The van der Waals surface area contributed by atoms with Crippen LogP contribution in [0, 0.1) is 35.5 Å². The van der Waals surface area contributed by atoms with E-state index in [0.717, 1.165) is 30.1 Å². The van der Waals surface area contributed by atoms with E-state index in [0.29, 0.717) is 0 Å². The van der Waals surface area contributed by atoms with Gasteiger partial charge in [0.1, 0.15) is 0 Å². The molecule has 0 heterocycles. The van der Waals surface area contributed by atoms with Crippen LogP contribution in [0.15, 0.2) is 17.1 Å². The van der Waals surface area contributed by atoms with Crippen molar-refractivity contribution >= 4 is 5.71 Å². The summed E-state index contributed by atoms with van der Waals surface area (Å²) in [5.74, 6) is 6.77. The van der Waals surface area contributed by atoms with Crippen LogP contribution in [0.2, 0.25) is 0 Å². The van der Waals surface area contributed by atoms with E-state index in [9.17, 15) is 0 Å². The molecular formula is C27H47N. The molecule has 1 heteroatoms. The number of nitrogens with zero attached hydrogens (tertiary/aromatic N) is 1. The summed E-state index contributed by atoms with van der Waals surface area (Å²) in [5.41, 5.74) is 2.77. The Morgan fingerprint density at radius 2 is 1.39 bits per heavy atom. The molecule has 4 aliphatic rings. The molecule has 6 unspecified atom stereocenters. The summed E-state index contributed by atoms with van der Waals surface area (Å²) in [4.78, 5) is 4.21. The Labute approximate surface area is 175 Å². The van der Waals surface area contributed by atoms with Crippen molar-refractivity contribution in [1.82, 2.24) is 0 Å². The summed E-state index contributed by atoms with van der Waals surface area (Å²) in [6, 6.07) is 0.